The van der Waals surface area contributed by atoms with E-state index in [1.54, 1.807) is 19.1 Å². The summed E-state index contributed by atoms with van der Waals surface area (Å²) < 4.78 is 46.3. The first kappa shape index (κ1) is 21.2. The molecule has 0 bridgehead atoms. The normalized spacial score (nSPS) is 14.6. The number of aliphatic carboxylic acids is 2. The standard InChI is InChI=1S/C14H14F3N3O2.C2H2O4/c1-9-18-13(22-19-9)11-7-20(8-11)6-10-4-2-3-5-12(10)21-14(15,16)17;3-1(4)2(5)6/h2-5,11H,6-8H2,1H3;(H,3,4)(H,5,6). The molecule has 152 valence electrons. The maximum absolute atomic E-state index is 12.4. The number of para-hydroxylation sites is 1. The molecule has 0 spiro atoms. The van der Waals surface area contributed by atoms with Crippen LogP contribution in [0.25, 0.3) is 0 Å². The number of carbonyl (C=O) groups is 2. The highest BCUT2D eigenvalue weighted by atomic mass is 19.4. The van der Waals surface area contributed by atoms with Gasteiger partial charge in [-0.3, -0.25) is 4.90 Å². The molecule has 0 aliphatic carbocycles. The van der Waals surface area contributed by atoms with Crippen LogP contribution < -0.4 is 4.74 Å². The van der Waals surface area contributed by atoms with Crippen molar-refractivity contribution in [1.29, 1.82) is 0 Å². The molecule has 12 heteroatoms. The number of alkyl halides is 3. The van der Waals surface area contributed by atoms with Crippen LogP contribution in [0, 0.1) is 6.92 Å². The number of aryl methyl sites for hydroxylation is 1. The second-order valence-electron chi connectivity index (χ2n) is 5.84. The first-order chi connectivity index (χ1) is 13.0. The second kappa shape index (κ2) is 8.69. The Hall–Kier alpha value is -3.15. The summed E-state index contributed by atoms with van der Waals surface area (Å²) in [4.78, 5) is 24.4. The van der Waals surface area contributed by atoms with Crippen molar-refractivity contribution in [2.24, 2.45) is 0 Å². The number of halogens is 3. The van der Waals surface area contributed by atoms with Gasteiger partial charge in [0.15, 0.2) is 5.82 Å². The number of hydrogen-bond donors (Lipinski definition) is 2. The Balaban J connectivity index is 0.000000409. The van der Waals surface area contributed by atoms with E-state index in [1.807, 2.05) is 4.90 Å². The molecule has 1 aliphatic heterocycles. The van der Waals surface area contributed by atoms with Crippen LogP contribution in [0.5, 0.6) is 5.75 Å². The van der Waals surface area contributed by atoms with Gasteiger partial charge >= 0.3 is 18.3 Å². The Morgan fingerprint density at radius 1 is 1.25 bits per heavy atom. The van der Waals surface area contributed by atoms with Gasteiger partial charge in [-0.05, 0) is 13.0 Å². The topological polar surface area (TPSA) is 126 Å². The summed E-state index contributed by atoms with van der Waals surface area (Å²) in [5.41, 5.74) is 0.500. The smallest absolute Gasteiger partial charge is 0.473 e. The minimum absolute atomic E-state index is 0.136. The Labute approximate surface area is 156 Å². The molecule has 0 amide bonds. The number of carboxylic acid groups (broad SMARTS) is 2. The SMILES string of the molecule is Cc1noc(C2CN(Cc3ccccc3OC(F)(F)F)C2)n1.O=C(O)C(=O)O. The Kier molecular flexibility index (Phi) is 6.57. The van der Waals surface area contributed by atoms with E-state index >= 15 is 0 Å². The van der Waals surface area contributed by atoms with Gasteiger partial charge in [0.1, 0.15) is 5.75 Å². The van der Waals surface area contributed by atoms with E-state index in [9.17, 15) is 13.2 Å². The molecule has 1 aromatic carbocycles. The predicted molar refractivity (Wildman–Crippen MR) is 85.4 cm³/mol. The number of benzene rings is 1. The van der Waals surface area contributed by atoms with Crippen molar-refractivity contribution < 1.29 is 42.2 Å². The lowest BCUT2D eigenvalue weighted by molar-refractivity contribution is -0.275. The van der Waals surface area contributed by atoms with E-state index < -0.39 is 18.3 Å². The van der Waals surface area contributed by atoms with Crippen LogP contribution in [0.4, 0.5) is 13.2 Å². The molecule has 0 atom stereocenters. The fraction of sp³-hybridized carbons (Fsp3) is 0.375. The predicted octanol–water partition coefficient (Wildman–Crippen LogP) is 2.03. The lowest BCUT2D eigenvalue weighted by atomic mass is 9.99. The van der Waals surface area contributed by atoms with Gasteiger partial charge in [-0.2, -0.15) is 4.98 Å². The maximum atomic E-state index is 12.4. The molecule has 3 rings (SSSR count). The summed E-state index contributed by atoms with van der Waals surface area (Å²) in [6.45, 7) is 3.47. The summed E-state index contributed by atoms with van der Waals surface area (Å²) in [6.07, 6.45) is -4.69. The van der Waals surface area contributed by atoms with Gasteiger partial charge in [-0.15, -0.1) is 13.2 Å². The van der Waals surface area contributed by atoms with Gasteiger partial charge < -0.3 is 19.5 Å². The van der Waals surface area contributed by atoms with Crippen molar-refractivity contribution in [2.45, 2.75) is 25.7 Å². The third kappa shape index (κ3) is 6.23. The molecule has 1 saturated heterocycles. The van der Waals surface area contributed by atoms with Crippen molar-refractivity contribution in [3.63, 3.8) is 0 Å². The van der Waals surface area contributed by atoms with Crippen LogP contribution in [-0.4, -0.2) is 56.6 Å². The summed E-state index contributed by atoms with van der Waals surface area (Å²) >= 11 is 0. The Bertz CT molecular complexity index is 821. The van der Waals surface area contributed by atoms with Crippen molar-refractivity contribution in [1.82, 2.24) is 15.0 Å². The lowest BCUT2D eigenvalue weighted by Gasteiger charge is -2.37. The summed E-state index contributed by atoms with van der Waals surface area (Å²) in [7, 11) is 0. The van der Waals surface area contributed by atoms with Crippen LogP contribution in [0.2, 0.25) is 0 Å². The second-order valence-corrected chi connectivity index (χ2v) is 5.84. The molecule has 1 fully saturated rings. The molecular formula is C16H16F3N3O6. The Morgan fingerprint density at radius 3 is 2.36 bits per heavy atom. The molecule has 2 N–H and O–H groups in total. The van der Waals surface area contributed by atoms with Crippen molar-refractivity contribution in [3.05, 3.63) is 41.5 Å². The van der Waals surface area contributed by atoms with Crippen LogP contribution in [0.15, 0.2) is 28.8 Å². The molecule has 28 heavy (non-hydrogen) atoms. The highest BCUT2D eigenvalue weighted by Crippen LogP contribution is 2.31. The lowest BCUT2D eigenvalue weighted by Crippen LogP contribution is -2.44. The van der Waals surface area contributed by atoms with Gasteiger partial charge in [0.2, 0.25) is 5.89 Å². The minimum atomic E-state index is -4.69. The van der Waals surface area contributed by atoms with E-state index in [2.05, 4.69) is 14.9 Å². The molecule has 1 aliphatic rings. The van der Waals surface area contributed by atoms with Crippen LogP contribution in [0.1, 0.15) is 23.2 Å². The number of ether oxygens (including phenoxy) is 1. The van der Waals surface area contributed by atoms with Crippen molar-refractivity contribution >= 4 is 11.9 Å². The average Bonchev–Trinajstić information content (AvgIpc) is 2.97. The first-order valence-corrected chi connectivity index (χ1v) is 7.87. The molecule has 1 aromatic heterocycles. The molecule has 0 unspecified atom stereocenters. The molecule has 0 radical (unpaired) electrons. The van der Waals surface area contributed by atoms with Crippen LogP contribution in [-0.2, 0) is 16.1 Å². The van der Waals surface area contributed by atoms with Crippen LogP contribution >= 0.6 is 0 Å². The third-order valence-electron chi connectivity index (χ3n) is 3.62. The average molecular weight is 403 g/mol. The molecule has 9 nitrogen and oxygen atoms in total. The summed E-state index contributed by atoms with van der Waals surface area (Å²) in [5, 5.41) is 18.5. The number of likely N-dealkylation sites (tertiary alicyclic amines) is 1. The minimum Gasteiger partial charge on any atom is -0.473 e. The van der Waals surface area contributed by atoms with Crippen LogP contribution in [0.3, 0.4) is 0 Å². The van der Waals surface area contributed by atoms with E-state index in [0.29, 0.717) is 36.9 Å². The fourth-order valence-electron chi connectivity index (χ4n) is 2.43. The van der Waals surface area contributed by atoms with E-state index in [1.165, 1.54) is 12.1 Å². The quantitative estimate of drug-likeness (QED) is 0.738. The van der Waals surface area contributed by atoms with Crippen molar-refractivity contribution in [2.75, 3.05) is 13.1 Å². The largest absolute Gasteiger partial charge is 0.573 e. The molecular weight excluding hydrogens is 387 g/mol. The number of hydrogen-bond acceptors (Lipinski definition) is 7. The van der Waals surface area contributed by atoms with E-state index in [-0.39, 0.29) is 11.7 Å². The third-order valence-corrected chi connectivity index (χ3v) is 3.62. The van der Waals surface area contributed by atoms with Crippen molar-refractivity contribution in [3.8, 4) is 5.75 Å². The summed E-state index contributed by atoms with van der Waals surface area (Å²) in [5.74, 6) is -2.51. The number of aromatic nitrogens is 2. The number of nitrogens with zero attached hydrogens (tertiary/aromatic N) is 3. The number of rotatable bonds is 4. The highest BCUT2D eigenvalue weighted by molar-refractivity contribution is 6.27. The van der Waals surface area contributed by atoms with E-state index in [0.717, 1.165) is 0 Å². The Morgan fingerprint density at radius 2 is 1.86 bits per heavy atom. The zero-order chi connectivity index (χ0) is 20.9. The van der Waals surface area contributed by atoms with Gasteiger partial charge in [0.25, 0.3) is 0 Å². The van der Waals surface area contributed by atoms with Gasteiger partial charge in [0.05, 0.1) is 5.92 Å². The zero-order valence-electron chi connectivity index (χ0n) is 14.5. The maximum Gasteiger partial charge on any atom is 0.573 e. The van der Waals surface area contributed by atoms with Gasteiger partial charge in [-0.25, -0.2) is 9.59 Å². The highest BCUT2D eigenvalue weighted by Gasteiger charge is 2.35. The number of carboxylic acids is 2. The fourth-order valence-corrected chi connectivity index (χ4v) is 2.43. The summed E-state index contributed by atoms with van der Waals surface area (Å²) in [6, 6.07) is 6.16. The molecule has 2 aromatic rings. The van der Waals surface area contributed by atoms with Gasteiger partial charge in [-0.1, -0.05) is 23.4 Å². The molecule has 2 heterocycles. The zero-order valence-corrected chi connectivity index (χ0v) is 14.5. The molecule has 0 saturated carbocycles. The monoisotopic (exact) mass is 403 g/mol. The first-order valence-electron chi connectivity index (χ1n) is 7.87. The van der Waals surface area contributed by atoms with Gasteiger partial charge in [0, 0.05) is 25.2 Å². The van der Waals surface area contributed by atoms with E-state index in [4.69, 9.17) is 24.3 Å².